The lowest BCUT2D eigenvalue weighted by molar-refractivity contribution is -0.144. The highest BCUT2D eigenvalue weighted by Gasteiger charge is 2.39. The van der Waals surface area contributed by atoms with Crippen LogP contribution in [-0.4, -0.2) is 42.1 Å². The molecule has 1 fully saturated rings. The second-order valence-electron chi connectivity index (χ2n) is 5.40. The average Bonchev–Trinajstić information content (AvgIpc) is 2.95. The van der Waals surface area contributed by atoms with E-state index in [4.69, 9.17) is 5.11 Å². The summed E-state index contributed by atoms with van der Waals surface area (Å²) >= 11 is 0. The van der Waals surface area contributed by atoms with Gasteiger partial charge in [0.2, 0.25) is 6.10 Å². The summed E-state index contributed by atoms with van der Waals surface area (Å²) in [4.78, 5) is 35.2. The minimum atomic E-state index is -1.56. The third kappa shape index (κ3) is 2.90. The van der Waals surface area contributed by atoms with Crippen molar-refractivity contribution in [2.75, 3.05) is 22.9 Å². The van der Waals surface area contributed by atoms with Crippen LogP contribution in [0.25, 0.3) is 0 Å². The van der Waals surface area contributed by atoms with Crippen molar-refractivity contribution in [3.8, 4) is 0 Å². The monoisotopic (exact) mass is 356 g/mol. The molecule has 10 heteroatoms. The highest BCUT2D eigenvalue weighted by molar-refractivity contribution is 5.94. The largest absolute Gasteiger partial charge is 0.478 e. The SMILES string of the molecule is O=C1C=CN(c2c(F)cc(N3C[C@H](C(=O)O)OC3=O)c(F)c2F)CC1. The summed E-state index contributed by atoms with van der Waals surface area (Å²) in [5.74, 6) is -5.93. The summed E-state index contributed by atoms with van der Waals surface area (Å²) in [6.07, 6.45) is -0.520. The van der Waals surface area contributed by atoms with Crippen molar-refractivity contribution in [1.82, 2.24) is 0 Å². The number of carbonyl (C=O) groups excluding carboxylic acids is 2. The first kappa shape index (κ1) is 16.8. The fourth-order valence-electron chi connectivity index (χ4n) is 2.57. The fourth-order valence-corrected chi connectivity index (χ4v) is 2.57. The Morgan fingerprint density at radius 3 is 2.52 bits per heavy atom. The molecule has 1 amide bonds. The molecule has 0 saturated carbocycles. The van der Waals surface area contributed by atoms with Crippen LogP contribution in [-0.2, 0) is 14.3 Å². The van der Waals surface area contributed by atoms with Crippen molar-refractivity contribution in [2.24, 2.45) is 0 Å². The Hall–Kier alpha value is -3.04. The van der Waals surface area contributed by atoms with Crippen molar-refractivity contribution >= 4 is 29.2 Å². The Bertz CT molecular complexity index is 811. The van der Waals surface area contributed by atoms with Gasteiger partial charge in [-0.1, -0.05) is 0 Å². The molecule has 1 saturated heterocycles. The van der Waals surface area contributed by atoms with Crippen LogP contribution in [0.2, 0.25) is 0 Å². The number of allylic oxidation sites excluding steroid dienone is 1. The van der Waals surface area contributed by atoms with Crippen LogP contribution in [0, 0.1) is 17.5 Å². The molecule has 0 aliphatic carbocycles. The van der Waals surface area contributed by atoms with E-state index in [0.717, 1.165) is 17.2 Å². The third-order valence-electron chi connectivity index (χ3n) is 3.82. The summed E-state index contributed by atoms with van der Waals surface area (Å²) in [7, 11) is 0. The number of ether oxygens (including phenoxy) is 1. The quantitative estimate of drug-likeness (QED) is 0.831. The number of cyclic esters (lactones) is 1. The van der Waals surface area contributed by atoms with Gasteiger partial charge in [0.05, 0.1) is 12.2 Å². The van der Waals surface area contributed by atoms with E-state index in [1.54, 1.807) is 0 Å². The molecule has 0 spiro atoms. The van der Waals surface area contributed by atoms with Crippen LogP contribution in [0.5, 0.6) is 0 Å². The number of aliphatic carboxylic acids is 1. The summed E-state index contributed by atoms with van der Waals surface area (Å²) in [6, 6.07) is 0.587. The van der Waals surface area contributed by atoms with E-state index in [1.807, 2.05) is 0 Å². The number of nitrogens with zero attached hydrogens (tertiary/aromatic N) is 2. The molecule has 1 aromatic carbocycles. The molecule has 3 rings (SSSR count). The zero-order valence-corrected chi connectivity index (χ0v) is 12.5. The van der Waals surface area contributed by atoms with Gasteiger partial charge in [0.25, 0.3) is 0 Å². The number of halogens is 3. The number of rotatable bonds is 3. The predicted octanol–water partition coefficient (Wildman–Crippen LogP) is 1.81. The predicted molar refractivity (Wildman–Crippen MR) is 77.7 cm³/mol. The van der Waals surface area contributed by atoms with Gasteiger partial charge < -0.3 is 14.7 Å². The van der Waals surface area contributed by atoms with Crippen molar-refractivity contribution in [1.29, 1.82) is 0 Å². The highest BCUT2D eigenvalue weighted by Crippen LogP contribution is 2.35. The highest BCUT2D eigenvalue weighted by atomic mass is 19.2. The molecular weight excluding hydrogens is 345 g/mol. The topological polar surface area (TPSA) is 87.2 Å². The van der Waals surface area contributed by atoms with E-state index in [-0.39, 0.29) is 18.7 Å². The molecular formula is C15H11F3N2O5. The van der Waals surface area contributed by atoms with Gasteiger partial charge in [-0.2, -0.15) is 0 Å². The number of ketones is 1. The summed E-state index contributed by atoms with van der Waals surface area (Å²) in [5, 5.41) is 8.82. The normalized spacial score (nSPS) is 20.2. The lowest BCUT2D eigenvalue weighted by atomic mass is 10.1. The van der Waals surface area contributed by atoms with Crippen LogP contribution in [0.1, 0.15) is 6.42 Å². The molecule has 25 heavy (non-hydrogen) atoms. The molecule has 1 N–H and O–H groups in total. The Labute approximate surface area is 138 Å². The van der Waals surface area contributed by atoms with Gasteiger partial charge in [-0.05, 0) is 6.08 Å². The van der Waals surface area contributed by atoms with Gasteiger partial charge >= 0.3 is 12.1 Å². The number of carboxylic acid groups (broad SMARTS) is 1. The number of carboxylic acids is 1. The molecule has 0 radical (unpaired) electrons. The first-order chi connectivity index (χ1) is 11.8. The Balaban J connectivity index is 1.99. The van der Waals surface area contributed by atoms with E-state index in [9.17, 15) is 27.6 Å². The maximum absolute atomic E-state index is 14.4. The first-order valence-corrected chi connectivity index (χ1v) is 7.15. The van der Waals surface area contributed by atoms with Crippen molar-refractivity contribution in [3.63, 3.8) is 0 Å². The number of hydrogen-bond donors (Lipinski definition) is 1. The molecule has 0 bridgehead atoms. The number of benzene rings is 1. The van der Waals surface area contributed by atoms with Crippen molar-refractivity contribution < 1.29 is 37.4 Å². The molecule has 2 aliphatic heterocycles. The van der Waals surface area contributed by atoms with E-state index >= 15 is 0 Å². The third-order valence-corrected chi connectivity index (χ3v) is 3.82. The van der Waals surface area contributed by atoms with E-state index < -0.39 is 53.5 Å². The second kappa shape index (κ2) is 6.11. The molecule has 132 valence electrons. The fraction of sp³-hybridized carbons (Fsp3) is 0.267. The van der Waals surface area contributed by atoms with Crippen LogP contribution in [0.4, 0.5) is 29.3 Å². The molecule has 1 aromatic rings. The molecule has 1 atom stereocenters. The van der Waals surface area contributed by atoms with E-state index in [1.165, 1.54) is 0 Å². The standard InChI is InChI=1S/C15H11F3N2O5/c16-8-5-9(20-6-10(14(22)23)25-15(20)24)11(17)12(18)13(8)19-3-1-7(21)2-4-19/h1,3,5,10H,2,4,6H2,(H,22,23)/t10-/m1/s1. The molecule has 0 unspecified atom stereocenters. The number of hydrogen-bond acceptors (Lipinski definition) is 5. The van der Waals surface area contributed by atoms with E-state index in [2.05, 4.69) is 4.74 Å². The van der Waals surface area contributed by atoms with Gasteiger partial charge in [-0.25, -0.2) is 22.8 Å². The lowest BCUT2D eigenvalue weighted by Gasteiger charge is -2.25. The van der Waals surface area contributed by atoms with Crippen LogP contribution in [0.15, 0.2) is 18.3 Å². The minimum absolute atomic E-state index is 0.0114. The van der Waals surface area contributed by atoms with Crippen molar-refractivity contribution in [2.45, 2.75) is 12.5 Å². The van der Waals surface area contributed by atoms with Crippen LogP contribution in [0.3, 0.4) is 0 Å². The van der Waals surface area contributed by atoms with Gasteiger partial charge in [0.1, 0.15) is 5.69 Å². The van der Waals surface area contributed by atoms with Crippen molar-refractivity contribution in [3.05, 3.63) is 35.8 Å². The van der Waals surface area contributed by atoms with Crippen LogP contribution >= 0.6 is 0 Å². The maximum Gasteiger partial charge on any atom is 0.415 e. The number of anilines is 2. The molecule has 2 aliphatic rings. The minimum Gasteiger partial charge on any atom is -0.478 e. The Kier molecular flexibility index (Phi) is 4.11. The zero-order valence-electron chi connectivity index (χ0n) is 12.5. The van der Waals surface area contributed by atoms with Gasteiger partial charge in [0.15, 0.2) is 23.2 Å². The lowest BCUT2D eigenvalue weighted by Crippen LogP contribution is -2.30. The van der Waals surface area contributed by atoms with Crippen LogP contribution < -0.4 is 9.80 Å². The number of carbonyl (C=O) groups is 3. The maximum atomic E-state index is 14.4. The molecule has 0 aromatic heterocycles. The molecule has 7 nitrogen and oxygen atoms in total. The first-order valence-electron chi connectivity index (χ1n) is 7.15. The summed E-state index contributed by atoms with van der Waals surface area (Å²) < 4.78 is 47.6. The summed E-state index contributed by atoms with van der Waals surface area (Å²) in [5.41, 5.74) is -1.46. The smallest absolute Gasteiger partial charge is 0.415 e. The zero-order chi connectivity index (χ0) is 18.3. The van der Waals surface area contributed by atoms with Gasteiger partial charge in [-0.3, -0.25) is 9.69 Å². The van der Waals surface area contributed by atoms with Gasteiger partial charge in [-0.15, -0.1) is 0 Å². The second-order valence-corrected chi connectivity index (χ2v) is 5.40. The molecule has 2 heterocycles. The van der Waals surface area contributed by atoms with Gasteiger partial charge in [0, 0.05) is 25.2 Å². The van der Waals surface area contributed by atoms with E-state index in [0.29, 0.717) is 11.0 Å². The Morgan fingerprint density at radius 1 is 1.24 bits per heavy atom. The Morgan fingerprint density at radius 2 is 1.96 bits per heavy atom. The summed E-state index contributed by atoms with van der Waals surface area (Å²) in [6.45, 7) is -0.615. The average molecular weight is 356 g/mol. The number of amides is 1.